The number of amides is 1. The van der Waals surface area contributed by atoms with Gasteiger partial charge in [-0.2, -0.15) is 0 Å². The van der Waals surface area contributed by atoms with Gasteiger partial charge in [-0.3, -0.25) is 4.79 Å². The van der Waals surface area contributed by atoms with Crippen LogP contribution < -0.4 is 5.32 Å². The van der Waals surface area contributed by atoms with E-state index in [4.69, 9.17) is 17.1 Å². The van der Waals surface area contributed by atoms with Crippen LogP contribution in [0.25, 0.3) is 10.4 Å². The number of anilines is 1. The summed E-state index contributed by atoms with van der Waals surface area (Å²) >= 11 is 5.77. The second-order valence-corrected chi connectivity index (χ2v) is 3.33. The van der Waals surface area contributed by atoms with Crippen LogP contribution in [0.1, 0.15) is 5.56 Å². The molecular weight excluding hydrogens is 216 g/mol. The highest BCUT2D eigenvalue weighted by atomic mass is 35.5. The quantitative estimate of drug-likeness (QED) is 0.478. The van der Waals surface area contributed by atoms with E-state index >= 15 is 0 Å². The normalized spacial score (nSPS) is 9.20. The van der Waals surface area contributed by atoms with E-state index in [1.165, 1.54) is 0 Å². The number of nitrogens with zero attached hydrogens (tertiary/aromatic N) is 3. The molecule has 0 atom stereocenters. The number of carbonyl (C=O) groups is 1. The van der Waals surface area contributed by atoms with E-state index in [0.29, 0.717) is 10.7 Å². The van der Waals surface area contributed by atoms with E-state index in [1.807, 2.05) is 6.92 Å². The molecule has 1 aromatic rings. The Bertz CT molecular complexity index is 426. The van der Waals surface area contributed by atoms with Crippen molar-refractivity contribution in [2.24, 2.45) is 5.11 Å². The fraction of sp³-hybridized carbons (Fsp3) is 0.222. The fourth-order valence-corrected chi connectivity index (χ4v) is 1.19. The molecule has 0 aromatic heterocycles. The third-order valence-electron chi connectivity index (χ3n) is 1.75. The van der Waals surface area contributed by atoms with Gasteiger partial charge in [0.15, 0.2) is 0 Å². The monoisotopic (exact) mass is 224 g/mol. The van der Waals surface area contributed by atoms with Gasteiger partial charge in [0.2, 0.25) is 5.91 Å². The van der Waals surface area contributed by atoms with Gasteiger partial charge >= 0.3 is 0 Å². The van der Waals surface area contributed by atoms with Gasteiger partial charge in [-0.25, -0.2) is 0 Å². The summed E-state index contributed by atoms with van der Waals surface area (Å²) in [5, 5.41) is 6.29. The van der Waals surface area contributed by atoms with Gasteiger partial charge in [0, 0.05) is 15.6 Å². The van der Waals surface area contributed by atoms with Crippen LogP contribution in [0.5, 0.6) is 0 Å². The van der Waals surface area contributed by atoms with Crippen molar-refractivity contribution in [1.82, 2.24) is 0 Å². The molecule has 0 radical (unpaired) electrons. The van der Waals surface area contributed by atoms with Gasteiger partial charge in [-0.1, -0.05) is 22.8 Å². The van der Waals surface area contributed by atoms with Crippen molar-refractivity contribution in [2.75, 3.05) is 11.9 Å². The minimum Gasteiger partial charge on any atom is -0.326 e. The zero-order chi connectivity index (χ0) is 11.3. The third kappa shape index (κ3) is 3.50. The van der Waals surface area contributed by atoms with E-state index < -0.39 is 0 Å². The lowest BCUT2D eigenvalue weighted by atomic mass is 10.2. The maximum atomic E-state index is 11.2. The summed E-state index contributed by atoms with van der Waals surface area (Å²) in [4.78, 5) is 13.7. The van der Waals surface area contributed by atoms with Crippen molar-refractivity contribution in [2.45, 2.75) is 6.92 Å². The first kappa shape index (κ1) is 11.4. The van der Waals surface area contributed by atoms with Crippen molar-refractivity contribution in [3.8, 4) is 0 Å². The zero-order valence-corrected chi connectivity index (χ0v) is 8.82. The largest absolute Gasteiger partial charge is 0.326 e. The molecule has 6 heteroatoms. The maximum Gasteiger partial charge on any atom is 0.230 e. The van der Waals surface area contributed by atoms with Gasteiger partial charge in [0.1, 0.15) is 6.54 Å². The Labute approximate surface area is 91.7 Å². The Morgan fingerprint density at radius 2 is 2.40 bits per heavy atom. The van der Waals surface area contributed by atoms with Gasteiger partial charge in [0.05, 0.1) is 0 Å². The molecule has 1 aromatic carbocycles. The van der Waals surface area contributed by atoms with Gasteiger partial charge in [-0.05, 0) is 30.2 Å². The molecule has 0 heterocycles. The van der Waals surface area contributed by atoms with Crippen LogP contribution >= 0.6 is 11.6 Å². The average Bonchev–Trinajstić information content (AvgIpc) is 2.20. The Morgan fingerprint density at radius 1 is 1.67 bits per heavy atom. The molecule has 1 N–H and O–H groups in total. The van der Waals surface area contributed by atoms with Crippen molar-refractivity contribution in [3.63, 3.8) is 0 Å². The summed E-state index contributed by atoms with van der Waals surface area (Å²) in [6.07, 6.45) is 0. The summed E-state index contributed by atoms with van der Waals surface area (Å²) in [6, 6.07) is 5.18. The van der Waals surface area contributed by atoms with Crippen molar-refractivity contribution < 1.29 is 4.79 Å². The number of carbonyl (C=O) groups excluding carboxylic acids is 1. The molecule has 0 aliphatic rings. The van der Waals surface area contributed by atoms with Crippen LogP contribution in [-0.4, -0.2) is 12.5 Å². The fourth-order valence-electron chi connectivity index (χ4n) is 1.01. The highest BCUT2D eigenvalue weighted by Crippen LogP contribution is 2.19. The summed E-state index contributed by atoms with van der Waals surface area (Å²) in [6.45, 7) is 1.63. The molecule has 15 heavy (non-hydrogen) atoms. The molecule has 0 bridgehead atoms. The molecule has 0 aliphatic heterocycles. The lowest BCUT2D eigenvalue weighted by Gasteiger charge is -2.06. The highest BCUT2D eigenvalue weighted by molar-refractivity contribution is 6.31. The molecule has 1 rings (SSSR count). The van der Waals surface area contributed by atoms with Crippen LogP contribution in [0.4, 0.5) is 5.69 Å². The molecular formula is C9H9ClN4O. The SMILES string of the molecule is Cc1ccc(Cl)cc1NC(=O)CN=[N+]=[N-]. The third-order valence-corrected chi connectivity index (χ3v) is 1.99. The maximum absolute atomic E-state index is 11.2. The van der Waals surface area contributed by atoms with Crippen molar-refractivity contribution in [3.05, 3.63) is 39.2 Å². The topological polar surface area (TPSA) is 77.9 Å². The molecule has 1 amide bonds. The van der Waals surface area contributed by atoms with Gasteiger partial charge in [0.25, 0.3) is 0 Å². The van der Waals surface area contributed by atoms with E-state index in [2.05, 4.69) is 15.3 Å². The first-order valence-electron chi connectivity index (χ1n) is 4.20. The number of halogens is 1. The Hall–Kier alpha value is -1.71. The predicted octanol–water partition coefficient (Wildman–Crippen LogP) is 2.90. The lowest BCUT2D eigenvalue weighted by Crippen LogP contribution is -2.15. The second-order valence-electron chi connectivity index (χ2n) is 2.90. The Kier molecular flexibility index (Phi) is 3.97. The molecule has 0 spiro atoms. The Morgan fingerprint density at radius 3 is 3.07 bits per heavy atom. The molecule has 0 saturated carbocycles. The van der Waals surface area contributed by atoms with Crippen LogP contribution in [0, 0.1) is 6.92 Å². The number of azide groups is 1. The average molecular weight is 225 g/mol. The smallest absolute Gasteiger partial charge is 0.230 e. The van der Waals surface area contributed by atoms with Crippen LogP contribution in [0.3, 0.4) is 0 Å². The number of aryl methyl sites for hydroxylation is 1. The molecule has 0 fully saturated rings. The van der Waals surface area contributed by atoms with Gasteiger partial charge < -0.3 is 5.32 Å². The summed E-state index contributed by atoms with van der Waals surface area (Å²) < 4.78 is 0. The second kappa shape index (κ2) is 5.24. The standard InChI is InChI=1S/C9H9ClN4O/c1-6-2-3-7(10)4-8(6)13-9(15)5-12-14-11/h2-4H,5H2,1H3,(H,13,15). The van der Waals surface area contributed by atoms with Crippen molar-refractivity contribution in [1.29, 1.82) is 0 Å². The van der Waals surface area contributed by atoms with E-state index in [-0.39, 0.29) is 12.5 Å². The van der Waals surface area contributed by atoms with E-state index in [1.54, 1.807) is 18.2 Å². The lowest BCUT2D eigenvalue weighted by molar-refractivity contribution is -0.114. The number of hydrogen-bond donors (Lipinski definition) is 1. The summed E-state index contributed by atoms with van der Waals surface area (Å²) in [5.41, 5.74) is 9.56. The minimum atomic E-state index is -0.363. The number of benzene rings is 1. The number of rotatable bonds is 3. The predicted molar refractivity (Wildman–Crippen MR) is 58.8 cm³/mol. The summed E-state index contributed by atoms with van der Waals surface area (Å²) in [7, 11) is 0. The summed E-state index contributed by atoms with van der Waals surface area (Å²) in [5.74, 6) is -0.363. The first-order valence-corrected chi connectivity index (χ1v) is 4.58. The zero-order valence-electron chi connectivity index (χ0n) is 8.07. The highest BCUT2D eigenvalue weighted by Gasteiger charge is 2.03. The van der Waals surface area contributed by atoms with Crippen LogP contribution in [0.2, 0.25) is 5.02 Å². The molecule has 0 unspecified atom stereocenters. The Balaban J connectivity index is 2.75. The van der Waals surface area contributed by atoms with E-state index in [9.17, 15) is 4.79 Å². The first-order chi connectivity index (χ1) is 7.13. The van der Waals surface area contributed by atoms with Crippen LogP contribution in [0.15, 0.2) is 23.3 Å². The number of nitrogens with one attached hydrogen (secondary N) is 1. The molecule has 78 valence electrons. The molecule has 5 nitrogen and oxygen atoms in total. The van der Waals surface area contributed by atoms with E-state index in [0.717, 1.165) is 5.56 Å². The molecule has 0 saturated heterocycles. The van der Waals surface area contributed by atoms with Gasteiger partial charge in [-0.15, -0.1) is 0 Å². The van der Waals surface area contributed by atoms with Crippen LogP contribution in [-0.2, 0) is 4.79 Å². The minimum absolute atomic E-state index is 0.220. The molecule has 0 aliphatic carbocycles. The number of hydrogen-bond acceptors (Lipinski definition) is 2. The van der Waals surface area contributed by atoms with Crippen molar-refractivity contribution >= 4 is 23.2 Å².